The summed E-state index contributed by atoms with van der Waals surface area (Å²) in [6, 6.07) is 57.2. The Morgan fingerprint density at radius 1 is 0.585 bits per heavy atom. The number of imidazole rings is 1. The van der Waals surface area contributed by atoms with Gasteiger partial charge in [0.15, 0.2) is 0 Å². The minimum atomic E-state index is -0.358. The van der Waals surface area contributed by atoms with Gasteiger partial charge in [0, 0.05) is 37.8 Å². The SMILES string of the molecule is CC(C)c1cc(-c2ccc(-c3ccccc3)cc2)cc(C(C)C)c1-n1c(-c2[c-]cccc2)nc2ccccc21.Fc1[c-]c(-c2ccccn2)ccc1.[Ir]. The van der Waals surface area contributed by atoms with E-state index < -0.39 is 0 Å². The molecule has 3 nitrogen and oxygen atoms in total. The average Bonchev–Trinajstić information content (AvgIpc) is 3.58. The van der Waals surface area contributed by atoms with Gasteiger partial charge in [-0.3, -0.25) is 4.98 Å². The molecule has 6 aromatic carbocycles. The van der Waals surface area contributed by atoms with Crippen LogP contribution in [0.15, 0.2) is 158 Å². The first-order chi connectivity index (χ1) is 25.4. The molecule has 0 amide bonds. The van der Waals surface area contributed by atoms with Crippen molar-refractivity contribution in [3.8, 4) is 50.6 Å². The van der Waals surface area contributed by atoms with E-state index in [2.05, 4.69) is 153 Å². The van der Waals surface area contributed by atoms with Crippen molar-refractivity contribution in [2.45, 2.75) is 39.5 Å². The maximum Gasteiger partial charge on any atom is 0.0774 e. The fourth-order valence-electron chi connectivity index (χ4n) is 6.55. The molecule has 0 fully saturated rings. The number of aromatic nitrogens is 3. The summed E-state index contributed by atoms with van der Waals surface area (Å²) in [6.07, 6.45) is 1.67. The van der Waals surface area contributed by atoms with E-state index in [0.29, 0.717) is 17.4 Å². The van der Waals surface area contributed by atoms with E-state index in [4.69, 9.17) is 4.98 Å². The fourth-order valence-corrected chi connectivity index (χ4v) is 6.55. The minimum Gasteiger partial charge on any atom is -0.333 e. The van der Waals surface area contributed by atoms with Crippen molar-refractivity contribution in [3.05, 3.63) is 187 Å². The van der Waals surface area contributed by atoms with Crippen LogP contribution in [-0.4, -0.2) is 14.5 Å². The third-order valence-corrected chi connectivity index (χ3v) is 9.17. The van der Waals surface area contributed by atoms with Crippen LogP contribution in [0.25, 0.3) is 61.6 Å². The second-order valence-electron chi connectivity index (χ2n) is 13.4. The van der Waals surface area contributed by atoms with E-state index >= 15 is 0 Å². The van der Waals surface area contributed by atoms with Crippen LogP contribution in [-0.2, 0) is 20.1 Å². The van der Waals surface area contributed by atoms with Crippen molar-refractivity contribution in [1.29, 1.82) is 0 Å². The Kier molecular flexibility index (Phi) is 11.9. The number of pyridine rings is 1. The number of hydrogen-bond acceptors (Lipinski definition) is 2. The van der Waals surface area contributed by atoms with E-state index in [1.807, 2.05) is 30.3 Å². The zero-order valence-electron chi connectivity index (χ0n) is 30.2. The second-order valence-corrected chi connectivity index (χ2v) is 13.4. The first kappa shape index (κ1) is 37.3. The maximum atomic E-state index is 12.8. The van der Waals surface area contributed by atoms with Gasteiger partial charge in [0.05, 0.1) is 16.9 Å². The Balaban J connectivity index is 0.000000289. The second kappa shape index (κ2) is 16.9. The van der Waals surface area contributed by atoms with Crippen molar-refractivity contribution in [2.24, 2.45) is 0 Å². The topological polar surface area (TPSA) is 30.7 Å². The molecular formula is C48H40FIrN3-2. The van der Waals surface area contributed by atoms with Crippen LogP contribution in [0, 0.1) is 17.9 Å². The maximum absolute atomic E-state index is 12.8. The molecule has 0 saturated carbocycles. The van der Waals surface area contributed by atoms with Gasteiger partial charge >= 0.3 is 0 Å². The molecule has 0 aliphatic rings. The molecule has 1 radical (unpaired) electrons. The fraction of sp³-hybridized carbons (Fsp3) is 0.125. The molecule has 8 rings (SSSR count). The number of benzene rings is 6. The number of hydrogen-bond donors (Lipinski definition) is 0. The number of para-hydroxylation sites is 2. The van der Waals surface area contributed by atoms with E-state index in [9.17, 15) is 4.39 Å². The summed E-state index contributed by atoms with van der Waals surface area (Å²) in [5.41, 5.74) is 13.4. The van der Waals surface area contributed by atoms with E-state index in [1.165, 1.54) is 45.1 Å². The first-order valence-electron chi connectivity index (χ1n) is 17.7. The van der Waals surface area contributed by atoms with E-state index in [0.717, 1.165) is 28.1 Å². The Labute approximate surface area is 325 Å². The summed E-state index contributed by atoms with van der Waals surface area (Å²) in [6.45, 7) is 9.16. The number of fused-ring (bicyclic) bond motifs is 1. The molecule has 0 saturated heterocycles. The van der Waals surface area contributed by atoms with Crippen molar-refractivity contribution >= 4 is 11.0 Å². The molecule has 8 aromatic rings. The number of rotatable bonds is 7. The molecule has 0 atom stereocenters. The number of nitrogens with zero attached hydrogens (tertiary/aromatic N) is 3. The van der Waals surface area contributed by atoms with Gasteiger partial charge in [0.1, 0.15) is 0 Å². The molecule has 265 valence electrons. The molecule has 0 bridgehead atoms. The van der Waals surface area contributed by atoms with Gasteiger partial charge < -0.3 is 9.55 Å². The molecule has 2 heterocycles. The molecular weight excluding hydrogens is 830 g/mol. The predicted octanol–water partition coefficient (Wildman–Crippen LogP) is 12.8. The van der Waals surface area contributed by atoms with E-state index in [1.54, 1.807) is 18.3 Å². The van der Waals surface area contributed by atoms with Gasteiger partial charge in [0.2, 0.25) is 0 Å². The van der Waals surface area contributed by atoms with Gasteiger partial charge in [0.25, 0.3) is 0 Å². The van der Waals surface area contributed by atoms with Gasteiger partial charge in [-0.15, -0.1) is 65.7 Å². The average molecular weight is 870 g/mol. The zero-order valence-corrected chi connectivity index (χ0v) is 32.6. The summed E-state index contributed by atoms with van der Waals surface area (Å²) in [4.78, 5) is 9.20. The third-order valence-electron chi connectivity index (χ3n) is 9.17. The van der Waals surface area contributed by atoms with Crippen LogP contribution in [0.3, 0.4) is 0 Å². The van der Waals surface area contributed by atoms with Gasteiger partial charge in [-0.05, 0) is 81.2 Å². The largest absolute Gasteiger partial charge is 0.333 e. The summed E-state index contributed by atoms with van der Waals surface area (Å²) in [5.74, 6) is 1.23. The van der Waals surface area contributed by atoms with Crippen molar-refractivity contribution < 1.29 is 24.5 Å². The molecule has 53 heavy (non-hydrogen) atoms. The monoisotopic (exact) mass is 870 g/mol. The zero-order chi connectivity index (χ0) is 36.0. The van der Waals surface area contributed by atoms with Crippen molar-refractivity contribution in [1.82, 2.24) is 14.5 Å². The Morgan fingerprint density at radius 2 is 1.19 bits per heavy atom. The summed E-state index contributed by atoms with van der Waals surface area (Å²) in [7, 11) is 0. The summed E-state index contributed by atoms with van der Waals surface area (Å²) >= 11 is 0. The van der Waals surface area contributed by atoms with Crippen LogP contribution in [0.4, 0.5) is 4.39 Å². The normalized spacial score (nSPS) is 10.9. The molecule has 5 heteroatoms. The van der Waals surface area contributed by atoms with E-state index in [-0.39, 0.29) is 25.9 Å². The van der Waals surface area contributed by atoms with Crippen LogP contribution in [0.1, 0.15) is 50.7 Å². The molecule has 2 aromatic heterocycles. The molecule has 0 aliphatic heterocycles. The standard InChI is InChI=1S/C37H33N2.C11H7FN.Ir/c1-25(2)32-23-31(29-21-19-28(20-22-29)27-13-7-5-8-14-27)24-33(26(3)4)36(32)39-35-18-12-11-17-34(35)38-37(39)30-15-9-6-10-16-30;12-10-5-3-4-9(8-10)11-6-1-2-7-13-11;/h5-15,17-26H,1-4H3;1-7H;/q2*-1;. The summed E-state index contributed by atoms with van der Waals surface area (Å²) in [5, 5.41) is 0. The van der Waals surface area contributed by atoms with Crippen molar-refractivity contribution in [3.63, 3.8) is 0 Å². The van der Waals surface area contributed by atoms with Crippen LogP contribution in [0.2, 0.25) is 0 Å². The Bertz CT molecular complexity index is 2370. The van der Waals surface area contributed by atoms with Crippen LogP contribution in [0.5, 0.6) is 0 Å². The summed E-state index contributed by atoms with van der Waals surface area (Å²) < 4.78 is 15.1. The van der Waals surface area contributed by atoms with Crippen LogP contribution >= 0.6 is 0 Å². The first-order valence-corrected chi connectivity index (χ1v) is 17.7. The molecule has 0 aliphatic carbocycles. The predicted molar refractivity (Wildman–Crippen MR) is 213 cm³/mol. The smallest absolute Gasteiger partial charge is 0.0774 e. The molecule has 0 spiro atoms. The van der Waals surface area contributed by atoms with Crippen LogP contribution < -0.4 is 0 Å². The van der Waals surface area contributed by atoms with Gasteiger partial charge in [-0.2, -0.15) is 0 Å². The van der Waals surface area contributed by atoms with Crippen molar-refractivity contribution in [2.75, 3.05) is 0 Å². The Morgan fingerprint density at radius 3 is 1.81 bits per heavy atom. The number of halogens is 1. The quantitative estimate of drug-likeness (QED) is 0.149. The molecule has 0 N–H and O–H groups in total. The minimum absolute atomic E-state index is 0. The van der Waals surface area contributed by atoms with Gasteiger partial charge in [-0.25, -0.2) is 4.39 Å². The van der Waals surface area contributed by atoms with Gasteiger partial charge in [-0.1, -0.05) is 107 Å². The Hall–Kier alpha value is -5.48. The third kappa shape index (κ3) is 8.28. The molecule has 0 unspecified atom stereocenters.